The maximum Gasteiger partial charge on any atom is 0.224 e. The van der Waals surface area contributed by atoms with Gasteiger partial charge in [0.25, 0.3) is 0 Å². The molecule has 0 amide bonds. The van der Waals surface area contributed by atoms with E-state index in [0.29, 0.717) is 24.9 Å². The van der Waals surface area contributed by atoms with Crippen LogP contribution in [0.3, 0.4) is 0 Å². The zero-order chi connectivity index (χ0) is 14.3. The number of rotatable bonds is 2. The van der Waals surface area contributed by atoms with E-state index in [9.17, 15) is 4.39 Å². The summed E-state index contributed by atoms with van der Waals surface area (Å²) in [4.78, 5) is 10.0. The van der Waals surface area contributed by atoms with Crippen molar-refractivity contribution in [2.75, 3.05) is 30.4 Å². The first-order valence-electron chi connectivity index (χ1n) is 6.38. The fourth-order valence-corrected chi connectivity index (χ4v) is 2.64. The minimum Gasteiger partial charge on any atom is -0.366 e. The Morgan fingerprint density at radius 1 is 1.26 bits per heavy atom. The molecule has 1 fully saturated rings. The molecule has 1 aliphatic rings. The van der Waals surface area contributed by atoms with Gasteiger partial charge < -0.3 is 15.0 Å². The smallest absolute Gasteiger partial charge is 0.224 e. The molecule has 0 spiro atoms. The van der Waals surface area contributed by atoms with Crippen LogP contribution >= 0.6 is 0 Å². The zero-order valence-corrected chi connectivity index (χ0v) is 12.1. The predicted octanol–water partition coefficient (Wildman–Crippen LogP) is 2.05. The Balaban J connectivity index is 2.35. The van der Waals surface area contributed by atoms with Crippen molar-refractivity contribution in [2.45, 2.75) is 38.9 Å². The summed E-state index contributed by atoms with van der Waals surface area (Å²) in [6.07, 6.45) is 1.20. The maximum absolute atomic E-state index is 14.0. The third-order valence-electron chi connectivity index (χ3n) is 2.94. The summed E-state index contributed by atoms with van der Waals surface area (Å²) < 4.78 is 19.9. The standard InChI is InChI=1S/C13H21FN4O/c1-12(2)7-18(8-13(3,4)19-12)10-9(14)6-16-11(15-5)17-10/h6H,7-8H2,1-5H3,(H,15,16,17). The molecule has 0 aliphatic carbocycles. The van der Waals surface area contributed by atoms with Crippen LogP contribution in [0.2, 0.25) is 0 Å². The van der Waals surface area contributed by atoms with Gasteiger partial charge in [0, 0.05) is 20.1 Å². The number of aromatic nitrogens is 2. The summed E-state index contributed by atoms with van der Waals surface area (Å²) >= 11 is 0. The van der Waals surface area contributed by atoms with Gasteiger partial charge in [-0.1, -0.05) is 0 Å². The summed E-state index contributed by atoms with van der Waals surface area (Å²) in [7, 11) is 1.71. The molecule has 0 aromatic carbocycles. The van der Waals surface area contributed by atoms with E-state index < -0.39 is 5.82 Å². The van der Waals surface area contributed by atoms with Crippen LogP contribution < -0.4 is 10.2 Å². The zero-order valence-electron chi connectivity index (χ0n) is 12.1. The van der Waals surface area contributed by atoms with Gasteiger partial charge in [0.2, 0.25) is 5.95 Å². The number of nitrogens with zero attached hydrogens (tertiary/aromatic N) is 3. The number of morpholine rings is 1. The second-order valence-electron chi connectivity index (χ2n) is 6.09. The van der Waals surface area contributed by atoms with E-state index >= 15 is 0 Å². The van der Waals surface area contributed by atoms with Crippen LogP contribution in [0, 0.1) is 5.82 Å². The number of ether oxygens (including phenoxy) is 1. The van der Waals surface area contributed by atoms with E-state index in [1.807, 2.05) is 32.6 Å². The summed E-state index contributed by atoms with van der Waals surface area (Å²) in [5.41, 5.74) is -0.697. The predicted molar refractivity (Wildman–Crippen MR) is 73.0 cm³/mol. The molecule has 0 atom stereocenters. The lowest BCUT2D eigenvalue weighted by atomic mass is 9.99. The van der Waals surface area contributed by atoms with E-state index in [0.717, 1.165) is 0 Å². The van der Waals surface area contributed by atoms with E-state index in [1.54, 1.807) is 7.05 Å². The van der Waals surface area contributed by atoms with Crippen LogP contribution in [0.4, 0.5) is 16.2 Å². The van der Waals surface area contributed by atoms with Crippen LogP contribution in [-0.2, 0) is 4.74 Å². The average molecular weight is 268 g/mol. The molecule has 1 saturated heterocycles. The van der Waals surface area contributed by atoms with Crippen LogP contribution in [0.1, 0.15) is 27.7 Å². The Hall–Kier alpha value is -1.43. The second-order valence-corrected chi connectivity index (χ2v) is 6.09. The summed E-state index contributed by atoms with van der Waals surface area (Å²) in [6.45, 7) is 9.18. The summed E-state index contributed by atoms with van der Waals surface area (Å²) in [6, 6.07) is 0. The molecule has 0 bridgehead atoms. The van der Waals surface area contributed by atoms with Crippen LogP contribution in [0.15, 0.2) is 6.20 Å². The maximum atomic E-state index is 14.0. The molecular weight excluding hydrogens is 247 g/mol. The molecule has 0 saturated carbocycles. The minimum absolute atomic E-state index is 0.323. The Kier molecular flexibility index (Phi) is 3.38. The topological polar surface area (TPSA) is 50.3 Å². The van der Waals surface area contributed by atoms with Crippen molar-refractivity contribution in [2.24, 2.45) is 0 Å². The second kappa shape index (κ2) is 4.59. The first-order valence-corrected chi connectivity index (χ1v) is 6.38. The summed E-state index contributed by atoms with van der Waals surface area (Å²) in [5, 5.41) is 2.83. The molecule has 5 nitrogen and oxygen atoms in total. The molecule has 1 aromatic heterocycles. The number of hydrogen-bond donors (Lipinski definition) is 1. The Morgan fingerprint density at radius 3 is 2.37 bits per heavy atom. The van der Waals surface area contributed by atoms with Crippen LogP contribution in [0.5, 0.6) is 0 Å². The largest absolute Gasteiger partial charge is 0.366 e. The van der Waals surface area contributed by atoms with Crippen molar-refractivity contribution in [3.05, 3.63) is 12.0 Å². The molecule has 19 heavy (non-hydrogen) atoms. The highest BCUT2D eigenvalue weighted by Crippen LogP contribution is 2.31. The Morgan fingerprint density at radius 2 is 1.84 bits per heavy atom. The van der Waals surface area contributed by atoms with Crippen LogP contribution in [-0.4, -0.2) is 41.3 Å². The van der Waals surface area contributed by atoms with Crippen molar-refractivity contribution in [3.63, 3.8) is 0 Å². The van der Waals surface area contributed by atoms with Crippen molar-refractivity contribution in [1.82, 2.24) is 9.97 Å². The first kappa shape index (κ1) is 14.0. The molecule has 2 rings (SSSR count). The van der Waals surface area contributed by atoms with Gasteiger partial charge in [0.05, 0.1) is 17.4 Å². The highest BCUT2D eigenvalue weighted by Gasteiger charge is 2.39. The van der Waals surface area contributed by atoms with E-state index in [4.69, 9.17) is 4.74 Å². The molecule has 1 aliphatic heterocycles. The monoisotopic (exact) mass is 268 g/mol. The lowest BCUT2D eigenvalue weighted by molar-refractivity contribution is -0.133. The van der Waals surface area contributed by atoms with Crippen LogP contribution in [0.25, 0.3) is 0 Å². The third-order valence-corrected chi connectivity index (χ3v) is 2.94. The average Bonchev–Trinajstić information content (AvgIpc) is 2.25. The number of hydrogen-bond acceptors (Lipinski definition) is 5. The highest BCUT2D eigenvalue weighted by molar-refractivity contribution is 5.45. The number of nitrogens with one attached hydrogen (secondary N) is 1. The molecule has 2 heterocycles. The lowest BCUT2D eigenvalue weighted by Gasteiger charge is -2.47. The SMILES string of the molecule is CNc1ncc(F)c(N2CC(C)(C)OC(C)(C)C2)n1. The van der Waals surface area contributed by atoms with Crippen molar-refractivity contribution in [3.8, 4) is 0 Å². The van der Waals surface area contributed by atoms with E-state index in [2.05, 4.69) is 15.3 Å². The fourth-order valence-electron chi connectivity index (χ4n) is 2.64. The number of anilines is 2. The molecule has 6 heteroatoms. The van der Waals surface area contributed by atoms with E-state index in [1.165, 1.54) is 6.20 Å². The van der Waals surface area contributed by atoms with Gasteiger partial charge in [-0.25, -0.2) is 9.37 Å². The highest BCUT2D eigenvalue weighted by atomic mass is 19.1. The molecular formula is C13H21FN4O. The fraction of sp³-hybridized carbons (Fsp3) is 0.692. The van der Waals surface area contributed by atoms with Gasteiger partial charge in [-0.2, -0.15) is 4.98 Å². The van der Waals surface area contributed by atoms with E-state index in [-0.39, 0.29) is 11.2 Å². The first-order chi connectivity index (χ1) is 8.72. The van der Waals surface area contributed by atoms with Crippen molar-refractivity contribution >= 4 is 11.8 Å². The normalized spacial score (nSPS) is 21.3. The minimum atomic E-state index is -0.410. The molecule has 106 valence electrons. The lowest BCUT2D eigenvalue weighted by Crippen LogP contribution is -2.57. The van der Waals surface area contributed by atoms with Gasteiger partial charge in [0.1, 0.15) is 0 Å². The van der Waals surface area contributed by atoms with Gasteiger partial charge in [-0.05, 0) is 27.7 Å². The van der Waals surface area contributed by atoms with Crippen molar-refractivity contribution < 1.29 is 9.13 Å². The quantitative estimate of drug-likeness (QED) is 0.889. The molecule has 0 unspecified atom stereocenters. The Labute approximate surface area is 113 Å². The van der Waals surface area contributed by atoms with Gasteiger partial charge in [-0.3, -0.25) is 0 Å². The molecule has 1 aromatic rings. The van der Waals surface area contributed by atoms with Gasteiger partial charge >= 0.3 is 0 Å². The number of halogens is 1. The Bertz CT molecular complexity index is 460. The molecule has 0 radical (unpaired) electrons. The molecule has 1 N–H and O–H groups in total. The summed E-state index contributed by atoms with van der Waals surface area (Å²) in [5.74, 6) is 0.329. The third kappa shape index (κ3) is 3.12. The van der Waals surface area contributed by atoms with Crippen molar-refractivity contribution in [1.29, 1.82) is 0 Å². The van der Waals surface area contributed by atoms with Gasteiger partial charge in [0.15, 0.2) is 11.6 Å². The van der Waals surface area contributed by atoms with Gasteiger partial charge in [-0.15, -0.1) is 0 Å².